The second kappa shape index (κ2) is 13.4. The molecule has 0 radical (unpaired) electrons. The molecule has 3 aromatic carbocycles. The van der Waals surface area contributed by atoms with Gasteiger partial charge in [-0.2, -0.15) is 0 Å². The van der Waals surface area contributed by atoms with Crippen LogP contribution in [0.5, 0.6) is 0 Å². The Hall–Kier alpha value is -3.65. The Balaban J connectivity index is 2.07. The van der Waals surface area contributed by atoms with Crippen LogP contribution in [0.25, 0.3) is 0 Å². The van der Waals surface area contributed by atoms with Gasteiger partial charge in [0.1, 0.15) is 12.6 Å². The molecule has 39 heavy (non-hydrogen) atoms. The van der Waals surface area contributed by atoms with Crippen molar-refractivity contribution in [3.8, 4) is 0 Å². The number of nitrogens with one attached hydrogen (secondary N) is 1. The lowest BCUT2D eigenvalue weighted by atomic mass is 10.0. The molecule has 8 heteroatoms. The SMILES string of the molecule is CCC(C)NC(=O)C(Cc1ccccc1)N(Cc1ccccc1C)C(=O)CN(c1cccc(C)c1)S(C)(=O)=O. The van der Waals surface area contributed by atoms with Gasteiger partial charge in [0.05, 0.1) is 11.9 Å². The number of anilines is 1. The summed E-state index contributed by atoms with van der Waals surface area (Å²) in [5, 5.41) is 3.04. The molecule has 0 spiro atoms. The quantitative estimate of drug-likeness (QED) is 0.357. The molecule has 2 unspecified atom stereocenters. The molecule has 0 aliphatic rings. The monoisotopic (exact) mass is 549 g/mol. The van der Waals surface area contributed by atoms with Gasteiger partial charge in [0.2, 0.25) is 21.8 Å². The molecule has 7 nitrogen and oxygen atoms in total. The molecule has 0 aliphatic carbocycles. The van der Waals surface area contributed by atoms with Crippen LogP contribution < -0.4 is 9.62 Å². The fraction of sp³-hybridized carbons (Fsp3) is 0.355. The summed E-state index contributed by atoms with van der Waals surface area (Å²) in [6.07, 6.45) is 2.13. The third-order valence-corrected chi connectivity index (χ3v) is 7.98. The lowest BCUT2D eigenvalue weighted by molar-refractivity contribution is -0.140. The van der Waals surface area contributed by atoms with Crippen LogP contribution in [0, 0.1) is 13.8 Å². The van der Waals surface area contributed by atoms with E-state index in [0.29, 0.717) is 12.1 Å². The smallest absolute Gasteiger partial charge is 0.244 e. The molecule has 1 N–H and O–H groups in total. The van der Waals surface area contributed by atoms with E-state index in [2.05, 4.69) is 5.32 Å². The lowest BCUT2D eigenvalue weighted by Crippen LogP contribution is -2.54. The van der Waals surface area contributed by atoms with E-state index < -0.39 is 28.5 Å². The van der Waals surface area contributed by atoms with E-state index >= 15 is 0 Å². The van der Waals surface area contributed by atoms with Crippen molar-refractivity contribution in [3.05, 3.63) is 101 Å². The molecule has 0 saturated heterocycles. The van der Waals surface area contributed by atoms with Crippen molar-refractivity contribution in [2.45, 2.75) is 59.2 Å². The Labute approximate surface area is 232 Å². The number of rotatable bonds is 12. The molecule has 208 valence electrons. The van der Waals surface area contributed by atoms with Crippen LogP contribution >= 0.6 is 0 Å². The standard InChI is InChI=1S/C31H39N3O4S/c1-6-25(4)32-31(36)29(20-26-15-8-7-9-16-26)33(21-27-17-11-10-14-24(27)3)30(35)22-34(39(5,37)38)28-18-12-13-23(2)19-28/h7-19,25,29H,6,20-22H2,1-5H3,(H,32,36). The van der Waals surface area contributed by atoms with Crippen molar-refractivity contribution >= 4 is 27.5 Å². The van der Waals surface area contributed by atoms with Crippen molar-refractivity contribution < 1.29 is 18.0 Å². The van der Waals surface area contributed by atoms with Crippen LogP contribution in [0.2, 0.25) is 0 Å². The van der Waals surface area contributed by atoms with E-state index in [1.54, 1.807) is 18.2 Å². The number of aryl methyl sites for hydroxylation is 2. The van der Waals surface area contributed by atoms with Crippen LogP contribution in [-0.4, -0.2) is 50.0 Å². The lowest BCUT2D eigenvalue weighted by Gasteiger charge is -2.34. The number of nitrogens with zero attached hydrogens (tertiary/aromatic N) is 2. The van der Waals surface area contributed by atoms with Crippen LogP contribution in [-0.2, 0) is 32.6 Å². The fourth-order valence-electron chi connectivity index (χ4n) is 4.36. The van der Waals surface area contributed by atoms with E-state index in [9.17, 15) is 18.0 Å². The van der Waals surface area contributed by atoms with Gasteiger partial charge < -0.3 is 10.2 Å². The maximum absolute atomic E-state index is 14.1. The first-order valence-electron chi connectivity index (χ1n) is 13.2. The number of amides is 2. The minimum atomic E-state index is -3.79. The minimum Gasteiger partial charge on any atom is -0.352 e. The zero-order valence-electron chi connectivity index (χ0n) is 23.4. The number of sulfonamides is 1. The van der Waals surface area contributed by atoms with Crippen molar-refractivity contribution in [2.24, 2.45) is 0 Å². The van der Waals surface area contributed by atoms with Gasteiger partial charge in [-0.25, -0.2) is 8.42 Å². The molecule has 0 bridgehead atoms. The van der Waals surface area contributed by atoms with Gasteiger partial charge >= 0.3 is 0 Å². The Kier molecular flexibility index (Phi) is 10.3. The van der Waals surface area contributed by atoms with E-state index in [1.165, 1.54) is 4.90 Å². The highest BCUT2D eigenvalue weighted by Crippen LogP contribution is 2.22. The van der Waals surface area contributed by atoms with Crippen LogP contribution in [0.3, 0.4) is 0 Å². The van der Waals surface area contributed by atoms with Crippen molar-refractivity contribution in [1.29, 1.82) is 0 Å². The largest absolute Gasteiger partial charge is 0.352 e. The third-order valence-electron chi connectivity index (χ3n) is 6.84. The van der Waals surface area contributed by atoms with E-state index in [1.807, 2.05) is 88.4 Å². The number of carbonyl (C=O) groups is 2. The van der Waals surface area contributed by atoms with Gasteiger partial charge in [-0.3, -0.25) is 13.9 Å². The number of hydrogen-bond donors (Lipinski definition) is 1. The predicted octanol–water partition coefficient (Wildman–Crippen LogP) is 4.62. The summed E-state index contributed by atoms with van der Waals surface area (Å²) in [4.78, 5) is 29.3. The molecule has 0 saturated carbocycles. The average molecular weight is 550 g/mol. The maximum Gasteiger partial charge on any atom is 0.244 e. The normalized spacial score (nSPS) is 12.8. The molecule has 0 heterocycles. The molecule has 0 aliphatic heterocycles. The fourth-order valence-corrected chi connectivity index (χ4v) is 5.20. The van der Waals surface area contributed by atoms with E-state index in [-0.39, 0.29) is 18.5 Å². The number of hydrogen-bond acceptors (Lipinski definition) is 4. The summed E-state index contributed by atoms with van der Waals surface area (Å²) in [7, 11) is -3.79. The molecular weight excluding hydrogens is 510 g/mol. The average Bonchev–Trinajstić information content (AvgIpc) is 2.89. The molecular formula is C31H39N3O4S. The van der Waals surface area contributed by atoms with Crippen LogP contribution in [0.15, 0.2) is 78.9 Å². The van der Waals surface area contributed by atoms with Crippen LogP contribution in [0.4, 0.5) is 5.69 Å². The zero-order valence-corrected chi connectivity index (χ0v) is 24.2. The van der Waals surface area contributed by atoms with Crippen molar-refractivity contribution in [1.82, 2.24) is 10.2 Å². The first kappa shape index (κ1) is 29.9. The molecule has 0 aromatic heterocycles. The van der Waals surface area contributed by atoms with Gasteiger partial charge in [-0.15, -0.1) is 0 Å². The van der Waals surface area contributed by atoms with Crippen molar-refractivity contribution in [3.63, 3.8) is 0 Å². The number of carbonyl (C=O) groups excluding carboxylic acids is 2. The molecule has 2 atom stereocenters. The van der Waals surface area contributed by atoms with Gasteiger partial charge in [-0.1, -0.05) is 73.7 Å². The van der Waals surface area contributed by atoms with Gasteiger partial charge in [0, 0.05) is 19.0 Å². The molecule has 3 rings (SSSR count). The predicted molar refractivity (Wildman–Crippen MR) is 157 cm³/mol. The summed E-state index contributed by atoms with van der Waals surface area (Å²) >= 11 is 0. The zero-order chi connectivity index (χ0) is 28.6. The summed E-state index contributed by atoms with van der Waals surface area (Å²) in [5.74, 6) is -0.720. The summed E-state index contributed by atoms with van der Waals surface area (Å²) in [5.41, 5.74) is 4.06. The first-order valence-corrected chi connectivity index (χ1v) is 15.1. The van der Waals surface area contributed by atoms with E-state index in [4.69, 9.17) is 0 Å². The number of benzene rings is 3. The summed E-state index contributed by atoms with van der Waals surface area (Å²) < 4.78 is 26.8. The first-order chi connectivity index (χ1) is 18.5. The second-order valence-electron chi connectivity index (χ2n) is 10.1. The Morgan fingerprint density at radius 2 is 1.59 bits per heavy atom. The molecule has 0 fully saturated rings. The van der Waals surface area contributed by atoms with Gasteiger partial charge in [0.25, 0.3) is 0 Å². The van der Waals surface area contributed by atoms with Crippen LogP contribution in [0.1, 0.15) is 42.5 Å². The minimum absolute atomic E-state index is 0.0778. The van der Waals surface area contributed by atoms with Crippen molar-refractivity contribution in [2.75, 3.05) is 17.1 Å². The highest BCUT2D eigenvalue weighted by atomic mass is 32.2. The topological polar surface area (TPSA) is 86.8 Å². The molecule has 2 amide bonds. The Bertz CT molecular complexity index is 1380. The van der Waals surface area contributed by atoms with E-state index in [0.717, 1.165) is 39.2 Å². The highest BCUT2D eigenvalue weighted by Gasteiger charge is 2.33. The third kappa shape index (κ3) is 8.42. The summed E-state index contributed by atoms with van der Waals surface area (Å²) in [6.45, 7) is 7.48. The summed E-state index contributed by atoms with van der Waals surface area (Å²) in [6, 6.07) is 23.4. The molecule has 3 aromatic rings. The van der Waals surface area contributed by atoms with Gasteiger partial charge in [-0.05, 0) is 61.6 Å². The Morgan fingerprint density at radius 1 is 0.923 bits per heavy atom. The second-order valence-corrected chi connectivity index (χ2v) is 12.0. The maximum atomic E-state index is 14.1. The Morgan fingerprint density at radius 3 is 2.21 bits per heavy atom. The van der Waals surface area contributed by atoms with Gasteiger partial charge in [0.15, 0.2) is 0 Å². The highest BCUT2D eigenvalue weighted by molar-refractivity contribution is 7.92.